The minimum atomic E-state index is 1.08. The number of nitrogens with one attached hydrogen (secondary N) is 2. The van der Waals surface area contributed by atoms with Crippen molar-refractivity contribution in [1.82, 2.24) is 10.3 Å². The Morgan fingerprint density at radius 3 is 1.77 bits per heavy atom. The molecule has 0 spiro atoms. The third-order valence-electron chi connectivity index (χ3n) is 6.45. The topological polar surface area (TPSA) is 27.8 Å². The summed E-state index contributed by atoms with van der Waals surface area (Å²) in [5.41, 5.74) is 2.69. The molecular formula is C28H48N2. The number of aromatic nitrogens is 1. The lowest BCUT2D eigenvalue weighted by Crippen LogP contribution is -2.18. The summed E-state index contributed by atoms with van der Waals surface area (Å²) >= 11 is 0. The molecule has 0 aliphatic carbocycles. The second-order valence-electron chi connectivity index (χ2n) is 9.16. The van der Waals surface area contributed by atoms with Crippen LogP contribution in [0, 0.1) is 0 Å². The lowest BCUT2D eigenvalue weighted by atomic mass is 10.0. The van der Waals surface area contributed by atoms with E-state index in [2.05, 4.69) is 47.7 Å². The number of aromatic amines is 1. The van der Waals surface area contributed by atoms with Crippen molar-refractivity contribution in [2.45, 2.75) is 116 Å². The van der Waals surface area contributed by atoms with Gasteiger partial charge in [0.1, 0.15) is 0 Å². The van der Waals surface area contributed by atoms with E-state index in [1.54, 1.807) is 0 Å². The van der Waals surface area contributed by atoms with Crippen LogP contribution >= 0.6 is 0 Å². The van der Waals surface area contributed by atoms with Crippen LogP contribution in [0.4, 0.5) is 0 Å². The van der Waals surface area contributed by atoms with E-state index >= 15 is 0 Å². The zero-order chi connectivity index (χ0) is 21.1. The summed E-state index contributed by atoms with van der Waals surface area (Å²) in [5.74, 6) is 0. The van der Waals surface area contributed by atoms with Gasteiger partial charge in [-0.1, -0.05) is 121 Å². The van der Waals surface area contributed by atoms with Gasteiger partial charge in [0.05, 0.1) is 0 Å². The molecule has 0 fully saturated rings. The van der Waals surface area contributed by atoms with Crippen molar-refractivity contribution < 1.29 is 0 Å². The highest BCUT2D eigenvalue weighted by atomic mass is 14.8. The number of hydrogen-bond acceptors (Lipinski definition) is 1. The monoisotopic (exact) mass is 412 g/mol. The van der Waals surface area contributed by atoms with Crippen LogP contribution in [0.5, 0.6) is 0 Å². The molecule has 0 atom stereocenters. The second kappa shape index (κ2) is 17.4. The van der Waals surface area contributed by atoms with E-state index in [9.17, 15) is 0 Å². The Balaban J connectivity index is 1.28. The average Bonchev–Trinajstić information content (AvgIpc) is 3.18. The second-order valence-corrected chi connectivity index (χ2v) is 9.16. The lowest BCUT2D eigenvalue weighted by Gasteiger charge is -2.05. The zero-order valence-corrected chi connectivity index (χ0v) is 19.8. The Labute approximate surface area is 186 Å². The maximum atomic E-state index is 3.62. The molecule has 1 aromatic heterocycles. The molecule has 2 N–H and O–H groups in total. The van der Waals surface area contributed by atoms with Crippen LogP contribution in [0.3, 0.4) is 0 Å². The van der Waals surface area contributed by atoms with Crippen LogP contribution in [0.2, 0.25) is 0 Å². The maximum absolute atomic E-state index is 3.62. The Morgan fingerprint density at radius 1 is 0.633 bits per heavy atom. The summed E-state index contributed by atoms with van der Waals surface area (Å²) in [6.07, 6.45) is 26.3. The molecule has 0 saturated heterocycles. The molecule has 2 rings (SSSR count). The van der Waals surface area contributed by atoms with Crippen molar-refractivity contribution in [2.75, 3.05) is 13.1 Å². The Bertz CT molecular complexity index is 630. The third kappa shape index (κ3) is 11.2. The van der Waals surface area contributed by atoms with E-state index in [-0.39, 0.29) is 0 Å². The highest BCUT2D eigenvalue weighted by Crippen LogP contribution is 2.17. The molecule has 0 unspecified atom stereocenters. The van der Waals surface area contributed by atoms with Gasteiger partial charge in [0.25, 0.3) is 0 Å². The SMILES string of the molecule is CCCCCCCCCCCCCCCCCCNCCc1c[nH]c2ccccc12. The third-order valence-corrected chi connectivity index (χ3v) is 6.45. The first-order chi connectivity index (χ1) is 14.9. The Morgan fingerprint density at radius 2 is 1.17 bits per heavy atom. The van der Waals surface area contributed by atoms with Crippen LogP contribution in [0.1, 0.15) is 115 Å². The van der Waals surface area contributed by atoms with Gasteiger partial charge in [-0.15, -0.1) is 0 Å². The fourth-order valence-corrected chi connectivity index (χ4v) is 4.48. The Kier molecular flexibility index (Phi) is 14.5. The molecule has 30 heavy (non-hydrogen) atoms. The first kappa shape index (κ1) is 25.0. The van der Waals surface area contributed by atoms with Crippen molar-refractivity contribution in [3.05, 3.63) is 36.0 Å². The highest BCUT2D eigenvalue weighted by Gasteiger charge is 2.02. The molecule has 0 saturated carbocycles. The highest BCUT2D eigenvalue weighted by molar-refractivity contribution is 5.83. The molecule has 2 nitrogen and oxygen atoms in total. The van der Waals surface area contributed by atoms with Crippen molar-refractivity contribution in [3.63, 3.8) is 0 Å². The molecule has 170 valence electrons. The number of para-hydroxylation sites is 1. The van der Waals surface area contributed by atoms with Crippen LogP contribution in [-0.4, -0.2) is 18.1 Å². The molecular weight excluding hydrogens is 364 g/mol. The summed E-state index contributed by atoms with van der Waals surface area (Å²) in [6, 6.07) is 8.60. The van der Waals surface area contributed by atoms with Crippen LogP contribution in [0.15, 0.2) is 30.5 Å². The number of benzene rings is 1. The predicted molar refractivity (Wildman–Crippen MR) is 134 cm³/mol. The predicted octanol–water partition coefficient (Wildman–Crippen LogP) is 8.56. The van der Waals surface area contributed by atoms with Gasteiger partial charge in [-0.25, -0.2) is 0 Å². The smallest absolute Gasteiger partial charge is 0.0456 e. The standard InChI is InChI=1S/C28H48N2/c1-2-3-4-5-6-7-8-9-10-11-12-13-14-15-16-19-23-29-24-22-26-25-30-28-21-18-17-20-27(26)28/h17-18,20-21,25,29-30H,2-16,19,22-24H2,1H3. The summed E-state index contributed by atoms with van der Waals surface area (Å²) < 4.78 is 0. The van der Waals surface area contributed by atoms with E-state index in [4.69, 9.17) is 0 Å². The van der Waals surface area contributed by atoms with E-state index in [1.165, 1.54) is 126 Å². The summed E-state index contributed by atoms with van der Waals surface area (Å²) in [7, 11) is 0. The molecule has 0 aliphatic heterocycles. The minimum absolute atomic E-state index is 1.08. The minimum Gasteiger partial charge on any atom is -0.361 e. The molecule has 2 heteroatoms. The van der Waals surface area contributed by atoms with Gasteiger partial charge in [-0.2, -0.15) is 0 Å². The molecule has 1 heterocycles. The summed E-state index contributed by atoms with van der Waals surface area (Å²) in [5, 5.41) is 5.00. The van der Waals surface area contributed by atoms with Crippen LogP contribution in [-0.2, 0) is 6.42 Å². The lowest BCUT2D eigenvalue weighted by molar-refractivity contribution is 0.525. The van der Waals surface area contributed by atoms with Gasteiger partial charge >= 0.3 is 0 Å². The van der Waals surface area contributed by atoms with E-state index < -0.39 is 0 Å². The summed E-state index contributed by atoms with van der Waals surface area (Å²) in [4.78, 5) is 3.37. The van der Waals surface area contributed by atoms with Crippen molar-refractivity contribution >= 4 is 10.9 Å². The van der Waals surface area contributed by atoms with Crippen LogP contribution < -0.4 is 5.32 Å². The largest absolute Gasteiger partial charge is 0.361 e. The van der Waals surface area contributed by atoms with E-state index in [0.29, 0.717) is 0 Å². The van der Waals surface area contributed by atoms with Gasteiger partial charge in [0.15, 0.2) is 0 Å². The van der Waals surface area contributed by atoms with Gasteiger partial charge in [0.2, 0.25) is 0 Å². The number of H-pyrrole nitrogens is 1. The summed E-state index contributed by atoms with van der Waals surface area (Å²) in [6.45, 7) is 4.55. The molecule has 0 radical (unpaired) electrons. The molecule has 2 aromatic rings. The van der Waals surface area contributed by atoms with Crippen molar-refractivity contribution in [1.29, 1.82) is 0 Å². The Hall–Kier alpha value is -1.28. The normalized spacial score (nSPS) is 11.5. The number of rotatable bonds is 20. The van der Waals surface area contributed by atoms with Gasteiger partial charge in [-0.3, -0.25) is 0 Å². The van der Waals surface area contributed by atoms with Gasteiger partial charge in [-0.05, 0) is 37.6 Å². The first-order valence-corrected chi connectivity index (χ1v) is 13.2. The maximum Gasteiger partial charge on any atom is 0.0456 e. The zero-order valence-electron chi connectivity index (χ0n) is 19.8. The van der Waals surface area contributed by atoms with Gasteiger partial charge < -0.3 is 10.3 Å². The fraction of sp³-hybridized carbons (Fsp3) is 0.714. The number of fused-ring (bicyclic) bond motifs is 1. The first-order valence-electron chi connectivity index (χ1n) is 13.2. The van der Waals surface area contributed by atoms with Crippen molar-refractivity contribution in [3.8, 4) is 0 Å². The van der Waals surface area contributed by atoms with Crippen molar-refractivity contribution in [2.24, 2.45) is 0 Å². The van der Waals surface area contributed by atoms with Crippen LogP contribution in [0.25, 0.3) is 10.9 Å². The van der Waals surface area contributed by atoms with Gasteiger partial charge in [0, 0.05) is 17.1 Å². The van der Waals surface area contributed by atoms with E-state index in [1.807, 2.05) is 0 Å². The molecule has 0 amide bonds. The molecule has 1 aromatic carbocycles. The van der Waals surface area contributed by atoms with E-state index in [0.717, 1.165) is 13.0 Å². The quantitative estimate of drug-likeness (QED) is 0.209. The molecule has 0 aliphatic rings. The average molecular weight is 413 g/mol. The fourth-order valence-electron chi connectivity index (χ4n) is 4.48. The number of unbranched alkanes of at least 4 members (excludes halogenated alkanes) is 15. The number of hydrogen-bond donors (Lipinski definition) is 2. The molecule has 0 bridgehead atoms.